The number of methoxy groups -OCH3 is 1. The van der Waals surface area contributed by atoms with E-state index < -0.39 is 5.97 Å². The van der Waals surface area contributed by atoms with Gasteiger partial charge in [-0.05, 0) is 25.0 Å². The fraction of sp³-hybridized carbons (Fsp3) is 0.444. The summed E-state index contributed by atoms with van der Waals surface area (Å²) in [6, 6.07) is 7.56. The van der Waals surface area contributed by atoms with Crippen LogP contribution in [0.2, 0.25) is 0 Å². The zero-order valence-electron chi connectivity index (χ0n) is 13.4. The van der Waals surface area contributed by atoms with E-state index in [0.29, 0.717) is 5.75 Å². The summed E-state index contributed by atoms with van der Waals surface area (Å²) in [6.45, 7) is -0.244. The van der Waals surface area contributed by atoms with Crippen LogP contribution >= 0.6 is 0 Å². The number of benzene rings is 1. The van der Waals surface area contributed by atoms with Gasteiger partial charge in [-0.25, -0.2) is 4.79 Å². The molecule has 2 rings (SSSR count). The fourth-order valence-electron chi connectivity index (χ4n) is 2.66. The number of nitrogens with one attached hydrogen (secondary N) is 1. The molecule has 0 spiro atoms. The molecule has 0 atom stereocenters. The molecule has 1 saturated carbocycles. The number of carbonyl (C=O) groups is 2. The molecule has 1 aliphatic carbocycles. The van der Waals surface area contributed by atoms with Crippen LogP contribution in [0.15, 0.2) is 30.3 Å². The molecule has 0 bridgehead atoms. The van der Waals surface area contributed by atoms with Gasteiger partial charge in [0.25, 0.3) is 5.91 Å². The Morgan fingerprint density at radius 3 is 2.70 bits per heavy atom. The van der Waals surface area contributed by atoms with E-state index in [4.69, 9.17) is 9.47 Å². The zero-order valence-corrected chi connectivity index (χ0v) is 13.4. The van der Waals surface area contributed by atoms with E-state index in [1.54, 1.807) is 13.2 Å². The third-order valence-corrected chi connectivity index (χ3v) is 3.85. The average Bonchev–Trinajstić information content (AvgIpc) is 2.59. The number of amides is 1. The predicted octanol–water partition coefficient (Wildman–Crippen LogP) is 2.70. The van der Waals surface area contributed by atoms with Gasteiger partial charge >= 0.3 is 5.97 Å². The van der Waals surface area contributed by atoms with Crippen LogP contribution in [-0.4, -0.2) is 31.6 Å². The molecule has 1 N–H and O–H groups in total. The van der Waals surface area contributed by atoms with Crippen molar-refractivity contribution in [3.05, 3.63) is 35.9 Å². The molecule has 23 heavy (non-hydrogen) atoms. The second kappa shape index (κ2) is 8.98. The van der Waals surface area contributed by atoms with Crippen molar-refractivity contribution in [2.75, 3.05) is 13.7 Å². The summed E-state index contributed by atoms with van der Waals surface area (Å²) in [5.74, 6) is -0.114. The second-order valence-electron chi connectivity index (χ2n) is 5.59. The molecule has 124 valence electrons. The summed E-state index contributed by atoms with van der Waals surface area (Å²) in [5.41, 5.74) is 0.776. The van der Waals surface area contributed by atoms with Crippen LogP contribution in [0, 0.1) is 0 Å². The van der Waals surface area contributed by atoms with Gasteiger partial charge in [-0.2, -0.15) is 0 Å². The highest BCUT2D eigenvalue weighted by Crippen LogP contribution is 2.19. The summed E-state index contributed by atoms with van der Waals surface area (Å²) in [6.07, 6.45) is 8.45. The first-order valence-corrected chi connectivity index (χ1v) is 7.96. The maximum Gasteiger partial charge on any atom is 0.331 e. The number of hydrogen-bond donors (Lipinski definition) is 1. The zero-order chi connectivity index (χ0) is 16.5. The molecule has 1 aliphatic rings. The van der Waals surface area contributed by atoms with Gasteiger partial charge in [-0.15, -0.1) is 0 Å². The Morgan fingerprint density at radius 2 is 1.96 bits per heavy atom. The molecule has 0 aromatic heterocycles. The summed E-state index contributed by atoms with van der Waals surface area (Å²) < 4.78 is 10.2. The first kappa shape index (κ1) is 17.1. The van der Waals surface area contributed by atoms with E-state index >= 15 is 0 Å². The van der Waals surface area contributed by atoms with Gasteiger partial charge in [-0.1, -0.05) is 37.5 Å². The van der Waals surface area contributed by atoms with Crippen LogP contribution in [0.3, 0.4) is 0 Å². The summed E-state index contributed by atoms with van der Waals surface area (Å²) in [7, 11) is 1.57. The van der Waals surface area contributed by atoms with E-state index in [1.807, 2.05) is 24.3 Å². The first-order valence-electron chi connectivity index (χ1n) is 7.96. The second-order valence-corrected chi connectivity index (χ2v) is 5.59. The molecule has 1 amide bonds. The number of carbonyl (C=O) groups excluding carboxylic acids is 2. The van der Waals surface area contributed by atoms with Gasteiger partial charge in [0.2, 0.25) is 0 Å². The van der Waals surface area contributed by atoms with Crippen molar-refractivity contribution < 1.29 is 19.1 Å². The average molecular weight is 317 g/mol. The van der Waals surface area contributed by atoms with Crippen molar-refractivity contribution in [3.8, 4) is 5.75 Å². The van der Waals surface area contributed by atoms with Gasteiger partial charge in [0.05, 0.1) is 7.11 Å². The molecule has 0 heterocycles. The summed E-state index contributed by atoms with van der Waals surface area (Å²) in [5, 5.41) is 2.91. The van der Waals surface area contributed by atoms with Gasteiger partial charge in [0.15, 0.2) is 6.61 Å². The minimum atomic E-state index is -0.547. The van der Waals surface area contributed by atoms with E-state index in [1.165, 1.54) is 12.5 Å². The third-order valence-electron chi connectivity index (χ3n) is 3.85. The van der Waals surface area contributed by atoms with Crippen LogP contribution in [0.1, 0.15) is 37.7 Å². The van der Waals surface area contributed by atoms with Gasteiger partial charge in [0.1, 0.15) is 5.75 Å². The SMILES string of the molecule is COc1ccccc1/C=C/C(=O)OCC(=O)NC1CCCCC1. The minimum Gasteiger partial charge on any atom is -0.496 e. The monoisotopic (exact) mass is 317 g/mol. The van der Waals surface area contributed by atoms with Crippen molar-refractivity contribution >= 4 is 18.0 Å². The first-order chi connectivity index (χ1) is 11.2. The Morgan fingerprint density at radius 1 is 1.22 bits per heavy atom. The normalized spacial score (nSPS) is 15.3. The molecule has 0 saturated heterocycles. The quantitative estimate of drug-likeness (QED) is 0.647. The van der Waals surface area contributed by atoms with E-state index in [2.05, 4.69) is 5.32 Å². The topological polar surface area (TPSA) is 64.6 Å². The van der Waals surface area contributed by atoms with Crippen molar-refractivity contribution in [2.45, 2.75) is 38.1 Å². The van der Waals surface area contributed by atoms with Crippen LogP contribution in [-0.2, 0) is 14.3 Å². The van der Waals surface area contributed by atoms with Crippen LogP contribution in [0.25, 0.3) is 6.08 Å². The lowest BCUT2D eigenvalue weighted by atomic mass is 9.95. The number of hydrogen-bond acceptors (Lipinski definition) is 4. The third kappa shape index (κ3) is 5.77. The molecule has 5 nitrogen and oxygen atoms in total. The Bertz CT molecular complexity index is 562. The molecule has 0 unspecified atom stereocenters. The highest BCUT2D eigenvalue weighted by molar-refractivity contribution is 5.89. The Hall–Kier alpha value is -2.30. The summed E-state index contributed by atoms with van der Waals surface area (Å²) >= 11 is 0. The highest BCUT2D eigenvalue weighted by Gasteiger charge is 2.16. The van der Waals surface area contributed by atoms with Crippen LogP contribution in [0.5, 0.6) is 5.75 Å². The lowest BCUT2D eigenvalue weighted by Gasteiger charge is -2.22. The van der Waals surface area contributed by atoms with Crippen molar-refractivity contribution in [1.29, 1.82) is 0 Å². The largest absolute Gasteiger partial charge is 0.496 e. The molecular weight excluding hydrogens is 294 g/mol. The maximum atomic E-state index is 11.8. The van der Waals surface area contributed by atoms with Crippen LogP contribution < -0.4 is 10.1 Å². The fourth-order valence-corrected chi connectivity index (χ4v) is 2.66. The number of para-hydroxylation sites is 1. The molecule has 1 fully saturated rings. The van der Waals surface area contributed by atoms with Crippen molar-refractivity contribution in [3.63, 3.8) is 0 Å². The predicted molar refractivity (Wildman–Crippen MR) is 88.0 cm³/mol. The smallest absolute Gasteiger partial charge is 0.331 e. The number of esters is 1. The Kier molecular flexibility index (Phi) is 6.66. The molecule has 1 aromatic carbocycles. The lowest BCUT2D eigenvalue weighted by Crippen LogP contribution is -2.38. The molecule has 1 aromatic rings. The van der Waals surface area contributed by atoms with E-state index in [-0.39, 0.29) is 18.6 Å². The Balaban J connectivity index is 1.75. The Labute approximate surface area is 136 Å². The molecule has 0 aliphatic heterocycles. The van der Waals surface area contributed by atoms with E-state index in [9.17, 15) is 9.59 Å². The molecular formula is C18H23NO4. The number of rotatable bonds is 6. The minimum absolute atomic E-state index is 0.221. The van der Waals surface area contributed by atoms with E-state index in [0.717, 1.165) is 31.2 Å². The number of ether oxygens (including phenoxy) is 2. The van der Waals surface area contributed by atoms with Crippen molar-refractivity contribution in [2.24, 2.45) is 0 Å². The maximum absolute atomic E-state index is 11.8. The standard InChI is InChI=1S/C18H23NO4/c1-22-16-10-6-5-7-14(16)11-12-18(21)23-13-17(20)19-15-8-3-2-4-9-15/h5-7,10-12,15H,2-4,8-9,13H2,1H3,(H,19,20)/b12-11+. The molecule has 0 radical (unpaired) electrons. The molecule has 5 heteroatoms. The highest BCUT2D eigenvalue weighted by atomic mass is 16.5. The lowest BCUT2D eigenvalue weighted by molar-refractivity contribution is -0.144. The summed E-state index contributed by atoms with van der Waals surface area (Å²) in [4.78, 5) is 23.4. The van der Waals surface area contributed by atoms with Crippen molar-refractivity contribution in [1.82, 2.24) is 5.32 Å². The van der Waals surface area contributed by atoms with Gasteiger partial charge in [-0.3, -0.25) is 4.79 Å². The van der Waals surface area contributed by atoms with Gasteiger partial charge < -0.3 is 14.8 Å². The van der Waals surface area contributed by atoms with Crippen LogP contribution in [0.4, 0.5) is 0 Å². The van der Waals surface area contributed by atoms with Gasteiger partial charge in [0, 0.05) is 17.7 Å².